The van der Waals surface area contributed by atoms with Crippen LogP contribution in [0, 0.1) is 0 Å². The van der Waals surface area contributed by atoms with Crippen LogP contribution in [-0.2, 0) is 4.74 Å². The maximum Gasteiger partial charge on any atom is 0.0637 e. The molecule has 0 bridgehead atoms. The molecule has 0 saturated carbocycles. The van der Waals surface area contributed by atoms with Gasteiger partial charge in [0.2, 0.25) is 0 Å². The molecule has 0 aromatic carbocycles. The first kappa shape index (κ1) is 8.50. The van der Waals surface area contributed by atoms with E-state index in [0.29, 0.717) is 0 Å². The van der Waals surface area contributed by atoms with E-state index < -0.39 is 0 Å². The van der Waals surface area contributed by atoms with Crippen molar-refractivity contribution in [1.82, 2.24) is 4.90 Å². The maximum absolute atomic E-state index is 4.89. The molecule has 0 radical (unpaired) electrons. The van der Waals surface area contributed by atoms with Crippen LogP contribution in [0.4, 0.5) is 0 Å². The van der Waals surface area contributed by atoms with Gasteiger partial charge >= 0.3 is 0 Å². The summed E-state index contributed by atoms with van der Waals surface area (Å²) in [4.78, 5) is 2.10. The van der Waals surface area contributed by atoms with Gasteiger partial charge in [-0.25, -0.2) is 0 Å². The van der Waals surface area contributed by atoms with Gasteiger partial charge in [0.05, 0.1) is 6.61 Å². The van der Waals surface area contributed by atoms with Crippen LogP contribution in [0.15, 0.2) is 12.8 Å². The summed E-state index contributed by atoms with van der Waals surface area (Å²) in [5.41, 5.74) is 0. The van der Waals surface area contributed by atoms with E-state index >= 15 is 0 Å². The quantitative estimate of drug-likeness (QED) is 0.551. The first-order chi connectivity index (χ1) is 4.35. The predicted molar refractivity (Wildman–Crippen MR) is 39.3 cm³/mol. The Balaban J connectivity index is 3.20. The van der Waals surface area contributed by atoms with Crippen molar-refractivity contribution >= 4 is 0 Å². The zero-order valence-corrected chi connectivity index (χ0v) is 6.26. The zero-order chi connectivity index (χ0) is 7.11. The Morgan fingerprint density at radius 3 is 2.67 bits per heavy atom. The predicted octanol–water partition coefficient (Wildman–Crippen LogP) is 1.10. The lowest BCUT2D eigenvalue weighted by atomic mass is 10.5. The van der Waals surface area contributed by atoms with Crippen LogP contribution in [0.25, 0.3) is 0 Å². The molecule has 54 valence electrons. The van der Waals surface area contributed by atoms with Gasteiger partial charge in [-0.15, -0.1) is 0 Å². The van der Waals surface area contributed by atoms with Crippen LogP contribution in [0.3, 0.4) is 0 Å². The van der Waals surface area contributed by atoms with E-state index in [9.17, 15) is 0 Å². The van der Waals surface area contributed by atoms with Crippen molar-refractivity contribution in [2.75, 3.05) is 26.8 Å². The molecule has 0 unspecified atom stereocenters. The molecule has 0 fully saturated rings. The minimum absolute atomic E-state index is 0.778. The number of rotatable bonds is 5. The Labute approximate surface area is 57.1 Å². The van der Waals surface area contributed by atoms with Crippen LogP contribution in [0.2, 0.25) is 0 Å². The van der Waals surface area contributed by atoms with Gasteiger partial charge in [-0.1, -0.05) is 6.58 Å². The first-order valence-corrected chi connectivity index (χ1v) is 3.20. The van der Waals surface area contributed by atoms with Gasteiger partial charge in [-0.2, -0.15) is 0 Å². The summed E-state index contributed by atoms with van der Waals surface area (Å²) in [6.45, 7) is 8.48. The normalized spacial score (nSPS) is 9.11. The van der Waals surface area contributed by atoms with E-state index in [1.807, 2.05) is 6.20 Å². The number of ether oxygens (including phenoxy) is 1. The molecule has 0 atom stereocenters. The van der Waals surface area contributed by atoms with Crippen molar-refractivity contribution in [2.24, 2.45) is 0 Å². The molecule has 0 aliphatic heterocycles. The van der Waals surface area contributed by atoms with Gasteiger partial charge in [-0.3, -0.25) is 0 Å². The van der Waals surface area contributed by atoms with Crippen LogP contribution in [0.5, 0.6) is 0 Å². The van der Waals surface area contributed by atoms with Crippen molar-refractivity contribution in [3.8, 4) is 0 Å². The van der Waals surface area contributed by atoms with Gasteiger partial charge in [0.15, 0.2) is 0 Å². The lowest BCUT2D eigenvalue weighted by Gasteiger charge is -2.15. The molecule has 0 N–H and O–H groups in total. The third-order valence-corrected chi connectivity index (χ3v) is 1.25. The molecule has 0 amide bonds. The number of likely N-dealkylation sites (N-methyl/N-ethyl adjacent to an activating group) is 1. The van der Waals surface area contributed by atoms with Crippen molar-refractivity contribution in [1.29, 1.82) is 0 Å². The van der Waals surface area contributed by atoms with E-state index in [1.54, 1.807) is 7.11 Å². The maximum atomic E-state index is 4.89. The average Bonchev–Trinajstić information content (AvgIpc) is 1.91. The second-order valence-electron chi connectivity index (χ2n) is 1.80. The van der Waals surface area contributed by atoms with Crippen LogP contribution in [-0.4, -0.2) is 31.7 Å². The highest BCUT2D eigenvalue weighted by atomic mass is 16.5. The van der Waals surface area contributed by atoms with E-state index in [2.05, 4.69) is 18.4 Å². The fraction of sp³-hybridized carbons (Fsp3) is 0.714. The molecule has 0 rings (SSSR count). The lowest BCUT2D eigenvalue weighted by molar-refractivity contribution is 0.171. The molecule has 2 nitrogen and oxygen atoms in total. The molecule has 0 aliphatic rings. The first-order valence-electron chi connectivity index (χ1n) is 3.20. The Hall–Kier alpha value is -0.500. The third kappa shape index (κ3) is 4.03. The summed E-state index contributed by atoms with van der Waals surface area (Å²) in [5, 5.41) is 0. The minimum Gasteiger partial charge on any atom is -0.383 e. The smallest absolute Gasteiger partial charge is 0.0637 e. The number of hydrogen-bond donors (Lipinski definition) is 0. The van der Waals surface area contributed by atoms with Crippen molar-refractivity contribution < 1.29 is 4.74 Å². The lowest BCUT2D eigenvalue weighted by Crippen LogP contribution is -2.20. The summed E-state index contributed by atoms with van der Waals surface area (Å²) in [6, 6.07) is 0. The SMILES string of the molecule is C=CN(CC)CCOC. The fourth-order valence-electron chi connectivity index (χ4n) is 0.587. The number of methoxy groups -OCH3 is 1. The third-order valence-electron chi connectivity index (χ3n) is 1.25. The standard InChI is InChI=1S/C7H15NO/c1-4-8(5-2)6-7-9-3/h4H,1,5-7H2,2-3H3. The highest BCUT2D eigenvalue weighted by molar-refractivity contribution is 4.68. The van der Waals surface area contributed by atoms with Crippen molar-refractivity contribution in [3.05, 3.63) is 12.8 Å². The van der Waals surface area contributed by atoms with Crippen molar-refractivity contribution in [2.45, 2.75) is 6.92 Å². The molecular formula is C7H15NO. The second-order valence-corrected chi connectivity index (χ2v) is 1.80. The van der Waals surface area contributed by atoms with Gasteiger partial charge in [0.1, 0.15) is 0 Å². The van der Waals surface area contributed by atoms with Crippen LogP contribution < -0.4 is 0 Å². The Morgan fingerprint density at radius 2 is 2.33 bits per heavy atom. The van der Waals surface area contributed by atoms with Gasteiger partial charge in [-0.05, 0) is 13.1 Å². The van der Waals surface area contributed by atoms with Crippen LogP contribution in [0.1, 0.15) is 6.92 Å². The van der Waals surface area contributed by atoms with E-state index in [4.69, 9.17) is 4.74 Å². The molecular weight excluding hydrogens is 114 g/mol. The highest BCUT2D eigenvalue weighted by Gasteiger charge is 1.90. The van der Waals surface area contributed by atoms with Gasteiger partial charge < -0.3 is 9.64 Å². The highest BCUT2D eigenvalue weighted by Crippen LogP contribution is 1.85. The van der Waals surface area contributed by atoms with E-state index in [1.165, 1.54) is 0 Å². The summed E-state index contributed by atoms with van der Waals surface area (Å²) < 4.78 is 4.89. The summed E-state index contributed by atoms with van der Waals surface area (Å²) in [7, 11) is 1.71. The zero-order valence-electron chi connectivity index (χ0n) is 6.26. The molecule has 9 heavy (non-hydrogen) atoms. The Morgan fingerprint density at radius 1 is 1.67 bits per heavy atom. The fourth-order valence-corrected chi connectivity index (χ4v) is 0.587. The van der Waals surface area contributed by atoms with Gasteiger partial charge in [0, 0.05) is 20.2 Å². The largest absolute Gasteiger partial charge is 0.383 e. The summed E-state index contributed by atoms with van der Waals surface area (Å²) in [6.07, 6.45) is 1.83. The Bertz CT molecular complexity index is 73.3. The Kier molecular flexibility index (Phi) is 5.32. The van der Waals surface area contributed by atoms with Crippen LogP contribution >= 0.6 is 0 Å². The van der Waals surface area contributed by atoms with E-state index in [0.717, 1.165) is 19.7 Å². The minimum atomic E-state index is 0.778. The molecule has 0 aromatic heterocycles. The summed E-state index contributed by atoms with van der Waals surface area (Å²) >= 11 is 0. The monoisotopic (exact) mass is 129 g/mol. The molecule has 0 spiro atoms. The average molecular weight is 129 g/mol. The topological polar surface area (TPSA) is 12.5 Å². The number of hydrogen-bond acceptors (Lipinski definition) is 2. The molecule has 0 aromatic rings. The molecule has 0 aliphatic carbocycles. The molecule has 2 heteroatoms. The van der Waals surface area contributed by atoms with Gasteiger partial charge in [0.25, 0.3) is 0 Å². The second kappa shape index (κ2) is 5.63. The molecule has 0 heterocycles. The summed E-state index contributed by atoms with van der Waals surface area (Å²) in [5.74, 6) is 0. The number of nitrogens with zero attached hydrogens (tertiary/aromatic N) is 1. The van der Waals surface area contributed by atoms with E-state index in [-0.39, 0.29) is 0 Å². The molecule has 0 saturated heterocycles. The van der Waals surface area contributed by atoms with Crippen molar-refractivity contribution in [3.63, 3.8) is 0 Å².